The summed E-state index contributed by atoms with van der Waals surface area (Å²) in [6.07, 6.45) is 0.0795. The minimum absolute atomic E-state index is 0.0308. The summed E-state index contributed by atoms with van der Waals surface area (Å²) in [5.74, 6) is 0.102. The molecule has 2 fully saturated rings. The average molecular weight is 366 g/mol. The monoisotopic (exact) mass is 366 g/mol. The van der Waals surface area contributed by atoms with E-state index in [2.05, 4.69) is 40.5 Å². The molecule has 2 saturated heterocycles. The van der Waals surface area contributed by atoms with Gasteiger partial charge in [0.25, 0.3) is 0 Å². The minimum Gasteiger partial charge on any atom is -0.371 e. The van der Waals surface area contributed by atoms with E-state index in [1.165, 1.54) is 5.56 Å². The van der Waals surface area contributed by atoms with Gasteiger partial charge in [0.2, 0.25) is 5.91 Å². The molecule has 0 saturated carbocycles. The molecule has 2 aromatic carbocycles. The van der Waals surface area contributed by atoms with E-state index in [0.29, 0.717) is 0 Å². The Morgan fingerprint density at radius 2 is 1.81 bits per heavy atom. The molecule has 2 aliphatic heterocycles. The molecule has 4 N–H and O–H groups in total. The number of amides is 1. The molecule has 0 aliphatic carbocycles. The molecule has 4 atom stereocenters. The summed E-state index contributed by atoms with van der Waals surface area (Å²) >= 11 is 0. The second-order valence-electron chi connectivity index (χ2n) is 7.19. The van der Waals surface area contributed by atoms with Crippen molar-refractivity contribution in [2.45, 2.75) is 25.1 Å². The van der Waals surface area contributed by atoms with Gasteiger partial charge in [-0.3, -0.25) is 4.79 Å². The smallest absolute Gasteiger partial charge is 0.243 e. The standard InChI is InChI=1S/C21H26N4O2/c1-14-19(16-5-3-2-4-6-16)24-25-20(14)21(26)23-17-9-7-15(8-10-17)18-13-22-11-12-27-18/h2-10,14,18-20,22,24-25H,11-13H2,1H3,(H,23,26)/t14?,18-,19?,20?/m1/s1. The van der Waals surface area contributed by atoms with Gasteiger partial charge in [0.15, 0.2) is 0 Å². The van der Waals surface area contributed by atoms with Crippen LogP contribution in [0.25, 0.3) is 0 Å². The van der Waals surface area contributed by atoms with E-state index in [1.54, 1.807) is 0 Å². The normalized spacial score (nSPS) is 28.0. The zero-order valence-electron chi connectivity index (χ0n) is 15.4. The summed E-state index contributed by atoms with van der Waals surface area (Å²) in [5.41, 5.74) is 9.50. The first kappa shape index (κ1) is 18.1. The van der Waals surface area contributed by atoms with E-state index >= 15 is 0 Å². The number of hydrogen-bond donors (Lipinski definition) is 4. The van der Waals surface area contributed by atoms with Crippen LogP contribution in [0.1, 0.15) is 30.2 Å². The maximum atomic E-state index is 12.7. The lowest BCUT2D eigenvalue weighted by atomic mass is 9.91. The van der Waals surface area contributed by atoms with Crippen LogP contribution < -0.4 is 21.5 Å². The molecule has 2 heterocycles. The molecule has 0 spiro atoms. The van der Waals surface area contributed by atoms with Crippen molar-refractivity contribution in [1.82, 2.24) is 16.2 Å². The van der Waals surface area contributed by atoms with Gasteiger partial charge >= 0.3 is 0 Å². The fourth-order valence-electron chi connectivity index (χ4n) is 3.77. The highest BCUT2D eigenvalue weighted by molar-refractivity contribution is 5.95. The Balaban J connectivity index is 1.37. The van der Waals surface area contributed by atoms with Crippen LogP contribution >= 0.6 is 0 Å². The van der Waals surface area contributed by atoms with Crippen molar-refractivity contribution in [3.63, 3.8) is 0 Å². The van der Waals surface area contributed by atoms with Crippen LogP contribution in [0.3, 0.4) is 0 Å². The Labute approximate surface area is 159 Å². The van der Waals surface area contributed by atoms with Gasteiger partial charge in [0.1, 0.15) is 6.04 Å². The molecule has 1 amide bonds. The Bertz CT molecular complexity index is 760. The highest BCUT2D eigenvalue weighted by atomic mass is 16.5. The second kappa shape index (κ2) is 8.19. The third-order valence-corrected chi connectivity index (χ3v) is 5.36. The molecule has 3 unspecified atom stereocenters. The number of rotatable bonds is 4. The minimum atomic E-state index is -0.291. The zero-order chi connectivity index (χ0) is 18.6. The Morgan fingerprint density at radius 3 is 2.52 bits per heavy atom. The predicted octanol–water partition coefficient (Wildman–Crippen LogP) is 2.14. The molecule has 27 heavy (non-hydrogen) atoms. The van der Waals surface area contributed by atoms with Crippen molar-refractivity contribution in [3.05, 3.63) is 65.7 Å². The van der Waals surface area contributed by atoms with Gasteiger partial charge in [-0.25, -0.2) is 10.9 Å². The SMILES string of the molecule is CC1C(C(=O)Nc2ccc([C@H]3CNCCO3)cc2)NNC1c1ccccc1. The summed E-state index contributed by atoms with van der Waals surface area (Å²) in [4.78, 5) is 12.7. The number of nitrogens with one attached hydrogen (secondary N) is 4. The molecule has 142 valence electrons. The first-order valence-electron chi connectivity index (χ1n) is 9.51. The summed E-state index contributed by atoms with van der Waals surface area (Å²) in [7, 11) is 0. The molecule has 6 heteroatoms. The van der Waals surface area contributed by atoms with Crippen molar-refractivity contribution >= 4 is 11.6 Å². The average Bonchev–Trinajstić information content (AvgIpc) is 3.11. The molecule has 2 aromatic rings. The molecular formula is C21H26N4O2. The highest BCUT2D eigenvalue weighted by Gasteiger charge is 2.37. The Morgan fingerprint density at radius 1 is 1.04 bits per heavy atom. The van der Waals surface area contributed by atoms with Gasteiger partial charge in [-0.2, -0.15) is 0 Å². The molecular weight excluding hydrogens is 340 g/mol. The lowest BCUT2D eigenvalue weighted by Crippen LogP contribution is -2.41. The third kappa shape index (κ3) is 4.04. The van der Waals surface area contributed by atoms with Crippen molar-refractivity contribution < 1.29 is 9.53 Å². The quantitative estimate of drug-likeness (QED) is 0.667. The number of benzene rings is 2. The van der Waals surface area contributed by atoms with Crippen LogP contribution in [0.4, 0.5) is 5.69 Å². The first-order chi connectivity index (χ1) is 13.2. The number of hydrogen-bond acceptors (Lipinski definition) is 5. The molecule has 2 aliphatic rings. The van der Waals surface area contributed by atoms with Crippen LogP contribution in [0.15, 0.2) is 54.6 Å². The van der Waals surface area contributed by atoms with Crippen LogP contribution in [0, 0.1) is 5.92 Å². The summed E-state index contributed by atoms with van der Waals surface area (Å²) < 4.78 is 5.77. The van der Waals surface area contributed by atoms with E-state index in [1.807, 2.05) is 42.5 Å². The number of carbonyl (C=O) groups is 1. The predicted molar refractivity (Wildman–Crippen MR) is 105 cm³/mol. The van der Waals surface area contributed by atoms with Crippen molar-refractivity contribution in [1.29, 1.82) is 0 Å². The van der Waals surface area contributed by atoms with Crippen LogP contribution in [0.5, 0.6) is 0 Å². The fraction of sp³-hybridized carbons (Fsp3) is 0.381. The van der Waals surface area contributed by atoms with Crippen molar-refractivity contribution in [2.75, 3.05) is 25.0 Å². The number of anilines is 1. The maximum Gasteiger partial charge on any atom is 0.243 e. The van der Waals surface area contributed by atoms with Gasteiger partial charge in [0.05, 0.1) is 18.8 Å². The van der Waals surface area contributed by atoms with E-state index in [-0.39, 0.29) is 30.0 Å². The van der Waals surface area contributed by atoms with Crippen molar-refractivity contribution in [3.8, 4) is 0 Å². The summed E-state index contributed by atoms with van der Waals surface area (Å²) in [6.45, 7) is 4.53. The molecule has 6 nitrogen and oxygen atoms in total. The van der Waals surface area contributed by atoms with Crippen LogP contribution in [0.2, 0.25) is 0 Å². The molecule has 4 rings (SSSR count). The van der Waals surface area contributed by atoms with E-state index < -0.39 is 0 Å². The third-order valence-electron chi connectivity index (χ3n) is 5.36. The van der Waals surface area contributed by atoms with E-state index in [0.717, 1.165) is 30.9 Å². The number of morpholine rings is 1. The molecule has 0 bridgehead atoms. The molecule has 0 radical (unpaired) electrons. The topological polar surface area (TPSA) is 74.4 Å². The Hall–Kier alpha value is -2.25. The lowest BCUT2D eigenvalue weighted by Gasteiger charge is -2.24. The van der Waals surface area contributed by atoms with Crippen molar-refractivity contribution in [2.24, 2.45) is 5.92 Å². The van der Waals surface area contributed by atoms with Crippen LogP contribution in [-0.2, 0) is 9.53 Å². The second-order valence-corrected chi connectivity index (χ2v) is 7.19. The van der Waals surface area contributed by atoms with Crippen LogP contribution in [-0.4, -0.2) is 31.6 Å². The number of carbonyl (C=O) groups excluding carboxylic acids is 1. The first-order valence-corrected chi connectivity index (χ1v) is 9.51. The fourth-order valence-corrected chi connectivity index (χ4v) is 3.77. The van der Waals surface area contributed by atoms with Gasteiger partial charge in [-0.1, -0.05) is 49.4 Å². The molecule has 0 aromatic heterocycles. The maximum absolute atomic E-state index is 12.7. The Kier molecular flexibility index (Phi) is 5.50. The van der Waals surface area contributed by atoms with Gasteiger partial charge in [-0.05, 0) is 23.3 Å². The van der Waals surface area contributed by atoms with E-state index in [9.17, 15) is 4.79 Å². The number of ether oxygens (including phenoxy) is 1. The largest absolute Gasteiger partial charge is 0.371 e. The van der Waals surface area contributed by atoms with Gasteiger partial charge < -0.3 is 15.4 Å². The zero-order valence-corrected chi connectivity index (χ0v) is 15.4. The summed E-state index contributed by atoms with van der Waals surface area (Å²) in [5, 5.41) is 6.35. The number of hydrazine groups is 1. The highest BCUT2D eigenvalue weighted by Crippen LogP contribution is 2.29. The van der Waals surface area contributed by atoms with Gasteiger partial charge in [0, 0.05) is 24.7 Å². The van der Waals surface area contributed by atoms with Gasteiger partial charge in [-0.15, -0.1) is 0 Å². The summed E-state index contributed by atoms with van der Waals surface area (Å²) in [6, 6.07) is 17.9. The lowest BCUT2D eigenvalue weighted by molar-refractivity contribution is -0.118. The van der Waals surface area contributed by atoms with E-state index in [4.69, 9.17) is 4.74 Å².